The Kier molecular flexibility index (Phi) is 6.25. The van der Waals surface area contributed by atoms with E-state index in [1.165, 1.54) is 36.4 Å². The average Bonchev–Trinajstić information content (AvgIpc) is 3.08. The first-order valence-corrected chi connectivity index (χ1v) is 21.8. The molecule has 0 saturated carbocycles. The van der Waals surface area contributed by atoms with Gasteiger partial charge in [0.15, 0.2) is 0 Å². The molecule has 0 nitrogen and oxygen atoms in total. The zero-order valence-electron chi connectivity index (χ0n) is 14.1. The molecule has 0 N–H and O–H groups in total. The molecule has 1 unspecified atom stereocenters. The zero-order chi connectivity index (χ0) is 17.4. The second kappa shape index (κ2) is 7.88. The first kappa shape index (κ1) is 19.0. The van der Waals surface area contributed by atoms with Crippen LogP contribution in [0.1, 0.15) is 13.3 Å². The van der Waals surface area contributed by atoms with E-state index in [0.29, 0.717) is 5.88 Å². The SMILES string of the molecule is CC1=[C]([Hf]([Cl])[Cl])C2=CC=CC(=[Si](C)C)C(CCl)C2=C1C1=CC=CC1. The van der Waals surface area contributed by atoms with Crippen molar-refractivity contribution in [3.63, 3.8) is 0 Å². The molecule has 0 spiro atoms. The van der Waals surface area contributed by atoms with Crippen LogP contribution >= 0.6 is 28.8 Å². The molecule has 0 fully saturated rings. The quantitative estimate of drug-likeness (QED) is 0.283. The second-order valence-electron chi connectivity index (χ2n) is 6.47. The normalized spacial score (nSPS) is 22.8. The number of hydrogen-bond donors (Lipinski definition) is 0. The standard InChI is InChI=1S/C19H20ClSi.2ClH.Hf/c1-13-11-15-9-6-10-17(21(2)3)16(12-20)19(15)18(13)14-7-4-5-8-14;;;/h4-7,9-10,16H,8,12H2,1-3H3;2*1H;/q;;;+2/p-2. The van der Waals surface area contributed by atoms with Crippen LogP contribution in [0, 0.1) is 5.92 Å². The molecule has 0 aromatic carbocycles. The van der Waals surface area contributed by atoms with E-state index >= 15 is 0 Å². The van der Waals surface area contributed by atoms with Crippen molar-refractivity contribution in [1.29, 1.82) is 0 Å². The van der Waals surface area contributed by atoms with Crippen LogP contribution in [0.5, 0.6) is 0 Å². The number of hydrogen-bond acceptors (Lipinski definition) is 0. The van der Waals surface area contributed by atoms with Crippen molar-refractivity contribution in [2.45, 2.75) is 26.4 Å². The molecule has 3 aliphatic carbocycles. The van der Waals surface area contributed by atoms with E-state index < -0.39 is 27.5 Å². The van der Waals surface area contributed by atoms with Crippen LogP contribution in [0.3, 0.4) is 0 Å². The van der Waals surface area contributed by atoms with Crippen LogP contribution < -0.4 is 0 Å². The first-order chi connectivity index (χ1) is 11.5. The van der Waals surface area contributed by atoms with E-state index in [2.05, 4.69) is 56.5 Å². The van der Waals surface area contributed by atoms with E-state index in [0.717, 1.165) is 6.42 Å². The molecule has 3 rings (SSSR count). The van der Waals surface area contributed by atoms with Gasteiger partial charge in [-0.2, -0.15) is 0 Å². The number of halogens is 3. The first-order valence-electron chi connectivity index (χ1n) is 8.09. The van der Waals surface area contributed by atoms with Crippen LogP contribution in [-0.2, 0) is 19.1 Å². The Hall–Kier alpha value is 0.267. The minimum atomic E-state index is -2.74. The Morgan fingerprint density at radius 3 is 2.50 bits per heavy atom. The fourth-order valence-electron chi connectivity index (χ4n) is 3.82. The Bertz CT molecular complexity index is 787. The van der Waals surface area contributed by atoms with Gasteiger partial charge in [-0.15, -0.1) is 0 Å². The number of rotatable bonds is 3. The summed E-state index contributed by atoms with van der Waals surface area (Å²) in [4.78, 5) is 0. The maximum absolute atomic E-state index is 6.57. The molecule has 0 amide bonds. The summed E-state index contributed by atoms with van der Waals surface area (Å²) in [6.07, 6.45) is 14.2. The molecule has 0 aliphatic heterocycles. The summed E-state index contributed by atoms with van der Waals surface area (Å²) >= 11 is 3.76. The van der Waals surface area contributed by atoms with Gasteiger partial charge >= 0.3 is 167 Å². The molecule has 5 heteroatoms. The Morgan fingerprint density at radius 2 is 1.96 bits per heavy atom. The van der Waals surface area contributed by atoms with Gasteiger partial charge in [0, 0.05) is 0 Å². The fraction of sp³-hybridized carbons (Fsp3) is 0.316. The molecular weight excluding hydrogens is 541 g/mol. The summed E-state index contributed by atoms with van der Waals surface area (Å²) in [5, 5.41) is 1.49. The Balaban J connectivity index is 2.28. The number of alkyl halides is 1. The summed E-state index contributed by atoms with van der Waals surface area (Å²) in [5.74, 6) is 0.876. The van der Waals surface area contributed by atoms with Gasteiger partial charge in [0.2, 0.25) is 0 Å². The summed E-state index contributed by atoms with van der Waals surface area (Å²) < 4.78 is 1.25. The van der Waals surface area contributed by atoms with Gasteiger partial charge < -0.3 is 0 Å². The van der Waals surface area contributed by atoms with Crippen molar-refractivity contribution in [3.8, 4) is 0 Å². The molecular formula is C19H20Cl3HfSi. The molecule has 0 heterocycles. The fourth-order valence-corrected chi connectivity index (χ4v) is 12.6. The summed E-state index contributed by atoms with van der Waals surface area (Å²) in [7, 11) is 12.6. The van der Waals surface area contributed by atoms with E-state index in [1.54, 1.807) is 0 Å². The Morgan fingerprint density at radius 1 is 1.21 bits per heavy atom. The zero-order valence-corrected chi connectivity index (χ0v) is 21.0. The van der Waals surface area contributed by atoms with Crippen molar-refractivity contribution < 1.29 is 19.1 Å². The van der Waals surface area contributed by atoms with Crippen molar-refractivity contribution in [2.24, 2.45) is 5.92 Å². The van der Waals surface area contributed by atoms with Crippen molar-refractivity contribution >= 4 is 42.3 Å². The van der Waals surface area contributed by atoms with Gasteiger partial charge in [-0.3, -0.25) is 0 Å². The van der Waals surface area contributed by atoms with E-state index in [9.17, 15) is 0 Å². The number of allylic oxidation sites excluding steroid dienone is 12. The Labute approximate surface area is 166 Å². The van der Waals surface area contributed by atoms with E-state index in [4.69, 9.17) is 28.8 Å². The van der Waals surface area contributed by atoms with Gasteiger partial charge in [-0.1, -0.05) is 0 Å². The van der Waals surface area contributed by atoms with Crippen molar-refractivity contribution in [1.82, 2.24) is 0 Å². The van der Waals surface area contributed by atoms with Crippen LogP contribution in [0.2, 0.25) is 13.1 Å². The predicted octanol–water partition coefficient (Wildman–Crippen LogP) is 6.24. The second-order valence-corrected chi connectivity index (χ2v) is 20.8. The predicted molar refractivity (Wildman–Crippen MR) is 107 cm³/mol. The molecule has 0 bridgehead atoms. The van der Waals surface area contributed by atoms with Gasteiger partial charge in [-0.05, 0) is 0 Å². The molecule has 0 aromatic heterocycles. The molecule has 24 heavy (non-hydrogen) atoms. The van der Waals surface area contributed by atoms with Crippen molar-refractivity contribution in [2.75, 3.05) is 5.88 Å². The summed E-state index contributed by atoms with van der Waals surface area (Å²) in [6, 6.07) is 0. The molecule has 0 saturated heterocycles. The van der Waals surface area contributed by atoms with Crippen molar-refractivity contribution in [3.05, 3.63) is 67.7 Å². The number of fused-ring (bicyclic) bond motifs is 1. The topological polar surface area (TPSA) is 0 Å². The molecule has 0 aromatic rings. The van der Waals surface area contributed by atoms with E-state index in [-0.39, 0.29) is 5.92 Å². The molecule has 0 radical (unpaired) electrons. The molecule has 1 atom stereocenters. The third-order valence-corrected chi connectivity index (χ3v) is 13.6. The summed E-state index contributed by atoms with van der Waals surface area (Å²) in [6.45, 7) is 6.88. The van der Waals surface area contributed by atoms with E-state index in [1.807, 2.05) is 0 Å². The third kappa shape index (κ3) is 3.30. The van der Waals surface area contributed by atoms with Crippen LogP contribution in [0.25, 0.3) is 0 Å². The monoisotopic (exact) mass is 561 g/mol. The molecule has 3 aliphatic rings. The van der Waals surface area contributed by atoms with Crippen LogP contribution in [0.15, 0.2) is 67.7 Å². The maximum atomic E-state index is 6.57. The minimum absolute atomic E-state index is 0.267. The van der Waals surface area contributed by atoms with Crippen LogP contribution in [0.4, 0.5) is 0 Å². The van der Waals surface area contributed by atoms with Gasteiger partial charge in [0.05, 0.1) is 0 Å². The third-order valence-electron chi connectivity index (χ3n) is 4.85. The summed E-state index contributed by atoms with van der Waals surface area (Å²) in [5.41, 5.74) is 6.68. The van der Waals surface area contributed by atoms with Gasteiger partial charge in [0.25, 0.3) is 0 Å². The van der Waals surface area contributed by atoms with Crippen LogP contribution in [-0.4, -0.2) is 19.5 Å². The average molecular weight is 561 g/mol. The molecule has 125 valence electrons. The van der Waals surface area contributed by atoms with Gasteiger partial charge in [0.1, 0.15) is 0 Å². The van der Waals surface area contributed by atoms with Gasteiger partial charge in [-0.25, -0.2) is 0 Å².